The molecular formula is C15H17NO3. The number of benzene rings is 1. The molecule has 4 nitrogen and oxygen atoms in total. The first-order chi connectivity index (χ1) is 9.33. The molecule has 1 aromatic carbocycles. The molecule has 2 heterocycles. The van der Waals surface area contributed by atoms with E-state index in [9.17, 15) is 0 Å². The molecule has 2 aromatic rings. The molecule has 0 saturated carbocycles. The van der Waals surface area contributed by atoms with Gasteiger partial charge in [-0.3, -0.25) is 0 Å². The molecule has 3 rings (SSSR count). The highest BCUT2D eigenvalue weighted by Gasteiger charge is 2.25. The third kappa shape index (κ3) is 2.08. The average molecular weight is 259 g/mol. The first kappa shape index (κ1) is 12.1. The van der Waals surface area contributed by atoms with Crippen LogP contribution in [0.2, 0.25) is 0 Å². The molecule has 0 unspecified atom stereocenters. The second kappa shape index (κ2) is 4.97. The summed E-state index contributed by atoms with van der Waals surface area (Å²) in [6.45, 7) is 0.924. The minimum absolute atomic E-state index is 0.0820. The molecule has 4 heteroatoms. The van der Waals surface area contributed by atoms with E-state index in [1.54, 1.807) is 20.5 Å². The van der Waals surface area contributed by atoms with Crippen LogP contribution in [0.1, 0.15) is 22.9 Å². The fourth-order valence-corrected chi connectivity index (χ4v) is 2.59. The normalized spacial score (nSPS) is 17.9. The van der Waals surface area contributed by atoms with Gasteiger partial charge in [0.15, 0.2) is 11.5 Å². The number of nitrogens with one attached hydrogen (secondary N) is 1. The van der Waals surface area contributed by atoms with E-state index in [1.165, 1.54) is 11.1 Å². The van der Waals surface area contributed by atoms with Gasteiger partial charge in [-0.15, -0.1) is 0 Å². The molecular weight excluding hydrogens is 242 g/mol. The maximum atomic E-state index is 5.53. The SMILES string of the molecule is COc1cc2c(cc1OC)[C@H](c1ccco1)NCC2. The van der Waals surface area contributed by atoms with Crippen molar-refractivity contribution in [3.05, 3.63) is 47.4 Å². The summed E-state index contributed by atoms with van der Waals surface area (Å²) >= 11 is 0. The lowest BCUT2D eigenvalue weighted by molar-refractivity contribution is 0.351. The number of ether oxygens (including phenoxy) is 2. The van der Waals surface area contributed by atoms with Crippen LogP contribution >= 0.6 is 0 Å². The Morgan fingerprint density at radius 2 is 2.00 bits per heavy atom. The van der Waals surface area contributed by atoms with Crippen molar-refractivity contribution in [3.63, 3.8) is 0 Å². The first-order valence-corrected chi connectivity index (χ1v) is 6.35. The zero-order valence-corrected chi connectivity index (χ0v) is 11.1. The highest BCUT2D eigenvalue weighted by molar-refractivity contribution is 5.50. The van der Waals surface area contributed by atoms with E-state index in [1.807, 2.05) is 18.2 Å². The standard InChI is InChI=1S/C15H17NO3/c1-17-13-8-10-5-6-16-15(12-4-3-7-19-12)11(10)9-14(13)18-2/h3-4,7-9,15-16H,5-6H2,1-2H3/t15-/m1/s1. The Bertz CT molecular complexity index is 563. The molecule has 0 saturated heterocycles. The Balaban J connectivity index is 2.08. The summed E-state index contributed by atoms with van der Waals surface area (Å²) in [4.78, 5) is 0. The number of hydrogen-bond acceptors (Lipinski definition) is 4. The minimum Gasteiger partial charge on any atom is -0.493 e. The van der Waals surface area contributed by atoms with E-state index < -0.39 is 0 Å². The predicted molar refractivity (Wildman–Crippen MR) is 71.8 cm³/mol. The molecule has 0 radical (unpaired) electrons. The summed E-state index contributed by atoms with van der Waals surface area (Å²) in [7, 11) is 3.32. The van der Waals surface area contributed by atoms with Gasteiger partial charge < -0.3 is 19.2 Å². The molecule has 1 aliphatic heterocycles. The van der Waals surface area contributed by atoms with E-state index in [0.29, 0.717) is 0 Å². The van der Waals surface area contributed by atoms with Crippen LogP contribution in [-0.2, 0) is 6.42 Å². The molecule has 1 N–H and O–H groups in total. The number of hydrogen-bond donors (Lipinski definition) is 1. The fraction of sp³-hybridized carbons (Fsp3) is 0.333. The summed E-state index contributed by atoms with van der Waals surface area (Å²) < 4.78 is 16.3. The third-order valence-corrected chi connectivity index (χ3v) is 3.53. The van der Waals surface area contributed by atoms with E-state index in [0.717, 1.165) is 30.2 Å². The zero-order chi connectivity index (χ0) is 13.2. The van der Waals surface area contributed by atoms with E-state index in [2.05, 4.69) is 11.4 Å². The third-order valence-electron chi connectivity index (χ3n) is 3.53. The molecule has 0 bridgehead atoms. The highest BCUT2D eigenvalue weighted by atomic mass is 16.5. The second-order valence-corrected chi connectivity index (χ2v) is 4.56. The minimum atomic E-state index is 0.0820. The van der Waals surface area contributed by atoms with Crippen molar-refractivity contribution in [3.8, 4) is 11.5 Å². The zero-order valence-electron chi connectivity index (χ0n) is 11.1. The van der Waals surface area contributed by atoms with Gasteiger partial charge in [0, 0.05) is 6.54 Å². The Morgan fingerprint density at radius 1 is 1.21 bits per heavy atom. The van der Waals surface area contributed by atoms with Crippen LogP contribution in [-0.4, -0.2) is 20.8 Å². The smallest absolute Gasteiger partial charge is 0.161 e. The van der Waals surface area contributed by atoms with Crippen molar-refractivity contribution < 1.29 is 13.9 Å². The molecule has 0 fully saturated rings. The van der Waals surface area contributed by atoms with Gasteiger partial charge in [-0.25, -0.2) is 0 Å². The molecule has 1 atom stereocenters. The van der Waals surface area contributed by atoms with Crippen molar-refractivity contribution in [1.82, 2.24) is 5.32 Å². The maximum absolute atomic E-state index is 5.53. The van der Waals surface area contributed by atoms with Gasteiger partial charge in [0.25, 0.3) is 0 Å². The topological polar surface area (TPSA) is 43.6 Å². The molecule has 19 heavy (non-hydrogen) atoms. The van der Waals surface area contributed by atoms with E-state index in [4.69, 9.17) is 13.9 Å². The lowest BCUT2D eigenvalue weighted by atomic mass is 9.92. The number of fused-ring (bicyclic) bond motifs is 1. The van der Waals surface area contributed by atoms with Crippen LogP contribution in [0.25, 0.3) is 0 Å². The first-order valence-electron chi connectivity index (χ1n) is 6.35. The van der Waals surface area contributed by atoms with Gasteiger partial charge in [-0.2, -0.15) is 0 Å². The van der Waals surface area contributed by atoms with Crippen LogP contribution in [0, 0.1) is 0 Å². The Hall–Kier alpha value is -1.94. The fourth-order valence-electron chi connectivity index (χ4n) is 2.59. The van der Waals surface area contributed by atoms with Crippen LogP contribution in [0.15, 0.2) is 34.9 Å². The lowest BCUT2D eigenvalue weighted by Crippen LogP contribution is -2.30. The molecule has 1 aromatic heterocycles. The Labute approximate surface area is 112 Å². The molecule has 0 aliphatic carbocycles. The second-order valence-electron chi connectivity index (χ2n) is 4.56. The Morgan fingerprint density at radius 3 is 2.68 bits per heavy atom. The molecule has 100 valence electrons. The monoisotopic (exact) mass is 259 g/mol. The van der Waals surface area contributed by atoms with Crippen molar-refractivity contribution in [2.45, 2.75) is 12.5 Å². The summed E-state index contributed by atoms with van der Waals surface area (Å²) in [5, 5.41) is 3.48. The largest absolute Gasteiger partial charge is 0.493 e. The van der Waals surface area contributed by atoms with Crippen LogP contribution < -0.4 is 14.8 Å². The van der Waals surface area contributed by atoms with E-state index in [-0.39, 0.29) is 6.04 Å². The summed E-state index contributed by atoms with van der Waals surface area (Å²) in [6, 6.07) is 8.08. The summed E-state index contributed by atoms with van der Waals surface area (Å²) in [5.41, 5.74) is 2.47. The number of rotatable bonds is 3. The number of furan rings is 1. The van der Waals surface area contributed by atoms with Crippen molar-refractivity contribution >= 4 is 0 Å². The van der Waals surface area contributed by atoms with Gasteiger partial charge in [0.2, 0.25) is 0 Å². The lowest BCUT2D eigenvalue weighted by Gasteiger charge is -2.26. The van der Waals surface area contributed by atoms with Gasteiger partial charge in [-0.1, -0.05) is 0 Å². The van der Waals surface area contributed by atoms with E-state index >= 15 is 0 Å². The highest BCUT2D eigenvalue weighted by Crippen LogP contribution is 2.37. The van der Waals surface area contributed by atoms with Crippen LogP contribution in [0.4, 0.5) is 0 Å². The predicted octanol–water partition coefficient (Wildman–Crippen LogP) is 2.53. The summed E-state index contributed by atoms with van der Waals surface area (Å²) in [6.07, 6.45) is 2.68. The van der Waals surface area contributed by atoms with Gasteiger partial charge >= 0.3 is 0 Å². The number of methoxy groups -OCH3 is 2. The Kier molecular flexibility index (Phi) is 3.17. The van der Waals surface area contributed by atoms with Crippen LogP contribution in [0.3, 0.4) is 0 Å². The van der Waals surface area contributed by atoms with Crippen molar-refractivity contribution in [2.24, 2.45) is 0 Å². The van der Waals surface area contributed by atoms with Crippen molar-refractivity contribution in [1.29, 1.82) is 0 Å². The molecule has 0 amide bonds. The maximum Gasteiger partial charge on any atom is 0.161 e. The van der Waals surface area contributed by atoms with Crippen molar-refractivity contribution in [2.75, 3.05) is 20.8 Å². The average Bonchev–Trinajstić information content (AvgIpc) is 2.99. The van der Waals surface area contributed by atoms with Gasteiger partial charge in [0.1, 0.15) is 5.76 Å². The van der Waals surface area contributed by atoms with Gasteiger partial charge in [0.05, 0.1) is 26.5 Å². The quantitative estimate of drug-likeness (QED) is 0.920. The molecule has 0 spiro atoms. The molecule has 1 aliphatic rings. The van der Waals surface area contributed by atoms with Crippen LogP contribution in [0.5, 0.6) is 11.5 Å². The summed E-state index contributed by atoms with van der Waals surface area (Å²) in [5.74, 6) is 2.45. The van der Waals surface area contributed by atoms with Gasteiger partial charge in [-0.05, 0) is 41.8 Å².